The molecule has 1 aromatic heterocycles. The number of hydrogen-bond donors (Lipinski definition) is 0. The van der Waals surface area contributed by atoms with Gasteiger partial charge in [-0.1, -0.05) is 30.0 Å². The number of methoxy groups -OCH3 is 1. The molecule has 0 spiro atoms. The van der Waals surface area contributed by atoms with Crippen molar-refractivity contribution < 1.29 is 18.9 Å². The molecule has 0 unspecified atom stereocenters. The highest BCUT2D eigenvalue weighted by atomic mass is 16.6. The topological polar surface area (TPSA) is 87.6 Å². The lowest BCUT2D eigenvalue weighted by Crippen LogP contribution is -1.96. The van der Waals surface area contributed by atoms with E-state index in [1.165, 1.54) is 20.1 Å². The number of nitro groups is 1. The van der Waals surface area contributed by atoms with Gasteiger partial charge in [-0.05, 0) is 30.7 Å². The maximum atomic E-state index is 11.0. The Kier molecular flexibility index (Phi) is 5.14. The smallest absolute Gasteiger partial charge is 0.338 e. The predicted octanol–water partition coefficient (Wildman–Crippen LogP) is 3.64. The van der Waals surface area contributed by atoms with Crippen molar-refractivity contribution >= 4 is 17.8 Å². The number of aromatic nitrogens is 1. The van der Waals surface area contributed by atoms with Crippen LogP contribution in [0.4, 0.5) is 5.69 Å². The van der Waals surface area contributed by atoms with Gasteiger partial charge >= 0.3 is 5.69 Å². The van der Waals surface area contributed by atoms with Crippen LogP contribution >= 0.6 is 0 Å². The highest BCUT2D eigenvalue weighted by Crippen LogP contribution is 2.30. The number of ether oxygens (including phenoxy) is 2. The molecule has 7 heteroatoms. The zero-order chi connectivity index (χ0) is 16.8. The van der Waals surface area contributed by atoms with Gasteiger partial charge in [-0.25, -0.2) is 0 Å². The Balaban J connectivity index is 2.26. The molecule has 0 aliphatic rings. The Morgan fingerprint density at radius 1 is 1.39 bits per heavy atom. The van der Waals surface area contributed by atoms with E-state index in [2.05, 4.69) is 11.7 Å². The van der Waals surface area contributed by atoms with Crippen LogP contribution in [0.5, 0.6) is 11.5 Å². The molecule has 2 aromatic rings. The van der Waals surface area contributed by atoms with Crippen molar-refractivity contribution in [3.05, 3.63) is 58.0 Å². The zero-order valence-corrected chi connectivity index (χ0v) is 12.8. The van der Waals surface area contributed by atoms with Gasteiger partial charge in [-0.2, -0.15) is 0 Å². The summed E-state index contributed by atoms with van der Waals surface area (Å²) in [6, 6.07) is 5.30. The van der Waals surface area contributed by atoms with Gasteiger partial charge in [-0.15, -0.1) is 0 Å². The van der Waals surface area contributed by atoms with Crippen LogP contribution in [0.25, 0.3) is 12.2 Å². The monoisotopic (exact) mass is 316 g/mol. The summed E-state index contributed by atoms with van der Waals surface area (Å²) in [4.78, 5) is 10.5. The molecule has 0 fully saturated rings. The van der Waals surface area contributed by atoms with Gasteiger partial charge in [0.25, 0.3) is 0 Å². The number of aryl methyl sites for hydroxylation is 1. The van der Waals surface area contributed by atoms with Crippen LogP contribution in [-0.4, -0.2) is 23.8 Å². The molecule has 23 heavy (non-hydrogen) atoms. The molecular formula is C16H16N2O5. The molecule has 0 radical (unpaired) electrons. The standard InChI is InChI=1S/C16H16N2O5/c1-4-9-22-13-7-5-12(10-15(13)21-3)6-8-14-16(18(19)20)11(2)17-23-14/h4-8,10H,1,9H2,2-3H3. The average molecular weight is 316 g/mol. The summed E-state index contributed by atoms with van der Waals surface area (Å²) < 4.78 is 15.7. The summed E-state index contributed by atoms with van der Waals surface area (Å²) in [6.07, 6.45) is 4.81. The van der Waals surface area contributed by atoms with Crippen molar-refractivity contribution in [2.24, 2.45) is 0 Å². The molecule has 0 amide bonds. The van der Waals surface area contributed by atoms with E-state index in [0.29, 0.717) is 18.1 Å². The second-order valence-corrected chi connectivity index (χ2v) is 4.58. The number of rotatable bonds is 7. The van der Waals surface area contributed by atoms with Gasteiger partial charge in [0.05, 0.1) is 12.0 Å². The van der Waals surface area contributed by atoms with Crippen LogP contribution in [0.15, 0.2) is 35.4 Å². The van der Waals surface area contributed by atoms with E-state index in [9.17, 15) is 10.1 Å². The first-order valence-electron chi connectivity index (χ1n) is 6.77. The predicted molar refractivity (Wildman–Crippen MR) is 85.5 cm³/mol. The third-order valence-corrected chi connectivity index (χ3v) is 3.01. The Hall–Kier alpha value is -3.09. The van der Waals surface area contributed by atoms with E-state index >= 15 is 0 Å². The summed E-state index contributed by atoms with van der Waals surface area (Å²) in [5.41, 5.74) is 0.871. The fourth-order valence-corrected chi connectivity index (χ4v) is 1.94. The quantitative estimate of drug-likeness (QED) is 0.440. The Morgan fingerprint density at radius 2 is 2.17 bits per heavy atom. The van der Waals surface area contributed by atoms with E-state index in [1.54, 1.807) is 30.4 Å². The minimum absolute atomic E-state index is 0.0958. The number of hydrogen-bond acceptors (Lipinski definition) is 6. The van der Waals surface area contributed by atoms with Crippen molar-refractivity contribution in [2.45, 2.75) is 6.92 Å². The molecule has 1 aromatic carbocycles. The number of nitrogens with zero attached hydrogens (tertiary/aromatic N) is 2. The maximum Gasteiger partial charge on any atom is 0.338 e. The second-order valence-electron chi connectivity index (χ2n) is 4.58. The molecule has 7 nitrogen and oxygen atoms in total. The second kappa shape index (κ2) is 7.26. The van der Waals surface area contributed by atoms with Crippen molar-refractivity contribution in [3.8, 4) is 11.5 Å². The van der Waals surface area contributed by atoms with Crippen LogP contribution in [0.1, 0.15) is 17.0 Å². The van der Waals surface area contributed by atoms with Gasteiger partial charge in [0, 0.05) is 0 Å². The molecule has 0 N–H and O–H groups in total. The van der Waals surface area contributed by atoms with E-state index in [-0.39, 0.29) is 17.1 Å². The van der Waals surface area contributed by atoms with Gasteiger partial charge in [0.2, 0.25) is 5.76 Å². The Labute approximate surface area is 133 Å². The third-order valence-electron chi connectivity index (χ3n) is 3.01. The van der Waals surface area contributed by atoms with Crippen LogP contribution < -0.4 is 9.47 Å². The molecule has 0 saturated carbocycles. The van der Waals surface area contributed by atoms with Gasteiger partial charge in [0.1, 0.15) is 6.61 Å². The van der Waals surface area contributed by atoms with Gasteiger partial charge < -0.3 is 14.0 Å². The van der Waals surface area contributed by atoms with E-state index < -0.39 is 4.92 Å². The zero-order valence-electron chi connectivity index (χ0n) is 12.8. The van der Waals surface area contributed by atoms with Crippen molar-refractivity contribution in [1.29, 1.82) is 0 Å². The van der Waals surface area contributed by atoms with E-state index in [0.717, 1.165) is 5.56 Å². The first-order valence-corrected chi connectivity index (χ1v) is 6.77. The summed E-state index contributed by atoms with van der Waals surface area (Å²) in [6.45, 7) is 5.48. The lowest BCUT2D eigenvalue weighted by atomic mass is 10.1. The van der Waals surface area contributed by atoms with Crippen LogP contribution in [0, 0.1) is 17.0 Å². The molecule has 0 atom stereocenters. The van der Waals surface area contributed by atoms with Crippen LogP contribution in [0.2, 0.25) is 0 Å². The molecule has 120 valence electrons. The highest BCUT2D eigenvalue weighted by Gasteiger charge is 2.21. The highest BCUT2D eigenvalue weighted by molar-refractivity contribution is 5.72. The van der Waals surface area contributed by atoms with Crippen molar-refractivity contribution in [3.63, 3.8) is 0 Å². The first kappa shape index (κ1) is 16.3. The Morgan fingerprint density at radius 3 is 2.83 bits per heavy atom. The van der Waals surface area contributed by atoms with Gasteiger partial charge in [-0.3, -0.25) is 10.1 Å². The normalized spacial score (nSPS) is 10.7. The number of benzene rings is 1. The molecular weight excluding hydrogens is 300 g/mol. The van der Waals surface area contributed by atoms with Crippen LogP contribution in [-0.2, 0) is 0 Å². The average Bonchev–Trinajstić information content (AvgIpc) is 2.92. The van der Waals surface area contributed by atoms with Crippen LogP contribution in [0.3, 0.4) is 0 Å². The maximum absolute atomic E-state index is 11.0. The first-order chi connectivity index (χ1) is 11.1. The summed E-state index contributed by atoms with van der Waals surface area (Å²) >= 11 is 0. The SMILES string of the molecule is C=CCOc1ccc(C=Cc2onc(C)c2[N+](=O)[O-])cc1OC. The van der Waals surface area contributed by atoms with Crippen molar-refractivity contribution in [2.75, 3.05) is 13.7 Å². The molecule has 0 aliphatic carbocycles. The third kappa shape index (κ3) is 3.76. The molecule has 0 aliphatic heterocycles. The van der Waals surface area contributed by atoms with E-state index in [4.69, 9.17) is 14.0 Å². The van der Waals surface area contributed by atoms with Crippen molar-refractivity contribution in [1.82, 2.24) is 5.16 Å². The molecule has 2 rings (SSSR count). The minimum atomic E-state index is -0.516. The summed E-state index contributed by atoms with van der Waals surface area (Å²) in [5.74, 6) is 1.24. The van der Waals surface area contributed by atoms with E-state index in [1.807, 2.05) is 0 Å². The molecule has 1 heterocycles. The Bertz CT molecular complexity index is 749. The summed E-state index contributed by atoms with van der Waals surface area (Å²) in [5, 5.41) is 14.6. The molecule has 0 bridgehead atoms. The molecule has 0 saturated heterocycles. The lowest BCUT2D eigenvalue weighted by Gasteiger charge is -2.09. The van der Waals surface area contributed by atoms with Gasteiger partial charge in [0.15, 0.2) is 17.2 Å². The minimum Gasteiger partial charge on any atom is -0.493 e. The fourth-order valence-electron chi connectivity index (χ4n) is 1.94. The summed E-state index contributed by atoms with van der Waals surface area (Å²) in [7, 11) is 1.54. The largest absolute Gasteiger partial charge is 0.493 e. The lowest BCUT2D eigenvalue weighted by molar-refractivity contribution is -0.386. The fraction of sp³-hybridized carbons (Fsp3) is 0.188.